The zero-order valence-corrected chi connectivity index (χ0v) is 22.5. The van der Waals surface area contributed by atoms with E-state index in [1.165, 1.54) is 0 Å². The van der Waals surface area contributed by atoms with Crippen LogP contribution in [0, 0.1) is 0 Å². The standard InChI is InChI=1S/C31H33BN3O3/c1-7-11-25-24(8-2)34-35(27-13-10-9-12-26(27)33-25)21-15-17-29-23(19-21)22-18-20(14-16-28(22)37-29)32-38-31(5,6)30(3,4)36/h7-19,33-34,36H,2H2,1,3-6H3/b11-7-. The molecule has 0 saturated heterocycles. The van der Waals surface area contributed by atoms with Crippen LogP contribution >= 0.6 is 0 Å². The lowest BCUT2D eigenvalue weighted by molar-refractivity contribution is -0.0893. The van der Waals surface area contributed by atoms with Gasteiger partial charge in [-0.3, -0.25) is 9.78 Å². The lowest BCUT2D eigenvalue weighted by atomic mass is 9.82. The van der Waals surface area contributed by atoms with Crippen LogP contribution in [0.3, 0.4) is 0 Å². The molecule has 2 heterocycles. The van der Waals surface area contributed by atoms with Gasteiger partial charge in [0.15, 0.2) is 0 Å². The largest absolute Gasteiger partial charge is 0.456 e. The van der Waals surface area contributed by atoms with Crippen LogP contribution in [0.1, 0.15) is 46.0 Å². The quantitative estimate of drug-likeness (QED) is 0.213. The third-order valence-corrected chi connectivity index (χ3v) is 7.17. The van der Waals surface area contributed by atoms with Gasteiger partial charge in [0.2, 0.25) is 0 Å². The smallest absolute Gasteiger partial charge is 0.330 e. The number of nitrogens with zero attached hydrogens (tertiary/aromatic N) is 1. The minimum absolute atomic E-state index is 0.754. The number of aromatic nitrogens is 3. The van der Waals surface area contributed by atoms with Gasteiger partial charge in [0.25, 0.3) is 0 Å². The number of fused-ring (bicyclic) bond motifs is 4. The Kier molecular flexibility index (Phi) is 6.59. The first kappa shape index (κ1) is 25.7. The Labute approximate surface area is 223 Å². The van der Waals surface area contributed by atoms with Crippen molar-refractivity contribution >= 4 is 58.1 Å². The molecule has 0 atom stereocenters. The van der Waals surface area contributed by atoms with Crippen LogP contribution in [-0.2, 0) is 4.65 Å². The number of benzene rings is 3. The van der Waals surface area contributed by atoms with Gasteiger partial charge in [-0.2, -0.15) is 0 Å². The van der Waals surface area contributed by atoms with E-state index in [9.17, 15) is 5.11 Å². The highest BCUT2D eigenvalue weighted by atomic mass is 16.5. The Hall–Kier alpha value is -3.94. The predicted molar refractivity (Wildman–Crippen MR) is 159 cm³/mol. The second-order valence-corrected chi connectivity index (χ2v) is 10.5. The summed E-state index contributed by atoms with van der Waals surface area (Å²) in [6, 6.07) is 20.3. The van der Waals surface area contributed by atoms with E-state index >= 15 is 0 Å². The molecular weight excluding hydrogens is 473 g/mol. The minimum atomic E-state index is -0.998. The summed E-state index contributed by atoms with van der Waals surface area (Å²) in [5, 5.41) is 16.0. The van der Waals surface area contributed by atoms with Crippen molar-refractivity contribution in [2.24, 2.45) is 0 Å². The van der Waals surface area contributed by atoms with Crippen molar-refractivity contribution in [1.29, 1.82) is 0 Å². The fourth-order valence-electron chi connectivity index (χ4n) is 4.24. The lowest BCUT2D eigenvalue weighted by Gasteiger charge is -2.37. The molecule has 0 spiro atoms. The third-order valence-electron chi connectivity index (χ3n) is 7.17. The molecule has 3 aromatic carbocycles. The fourth-order valence-corrected chi connectivity index (χ4v) is 4.24. The number of para-hydroxylation sites is 2. The molecule has 0 unspecified atom stereocenters. The van der Waals surface area contributed by atoms with E-state index in [2.05, 4.69) is 45.6 Å². The average molecular weight is 506 g/mol. The van der Waals surface area contributed by atoms with Crippen LogP contribution in [-0.4, -0.2) is 38.6 Å². The maximum atomic E-state index is 10.4. The number of nitrogens with one attached hydrogen (secondary N) is 2. The van der Waals surface area contributed by atoms with Crippen molar-refractivity contribution in [2.75, 3.05) is 0 Å². The highest BCUT2D eigenvalue weighted by Crippen LogP contribution is 2.31. The average Bonchev–Trinajstić information content (AvgIpc) is 3.16. The molecule has 1 radical (unpaired) electrons. The molecule has 5 aromatic rings. The number of hydrogen-bond acceptors (Lipinski definition) is 3. The first-order valence-corrected chi connectivity index (χ1v) is 12.7. The normalized spacial score (nSPS) is 12.6. The second kappa shape index (κ2) is 9.74. The molecule has 0 aliphatic heterocycles. The Bertz CT molecular complexity index is 1720. The number of H-pyrrole nitrogens is 2. The number of aromatic amines is 2. The Balaban J connectivity index is 1.65. The lowest BCUT2D eigenvalue weighted by Crippen LogP contribution is -2.49. The van der Waals surface area contributed by atoms with Crippen LogP contribution < -0.4 is 5.46 Å². The van der Waals surface area contributed by atoms with E-state index in [0.717, 1.165) is 55.5 Å². The molecule has 0 bridgehead atoms. The van der Waals surface area contributed by atoms with Crippen LogP contribution in [0.5, 0.6) is 0 Å². The molecule has 6 nitrogen and oxygen atoms in total. The van der Waals surface area contributed by atoms with Crippen molar-refractivity contribution in [2.45, 2.75) is 45.8 Å². The highest BCUT2D eigenvalue weighted by molar-refractivity contribution is 6.47. The Morgan fingerprint density at radius 2 is 1.68 bits per heavy atom. The van der Waals surface area contributed by atoms with E-state index in [1.807, 2.05) is 75.4 Å². The van der Waals surface area contributed by atoms with Crippen molar-refractivity contribution in [1.82, 2.24) is 14.8 Å². The summed E-state index contributed by atoms with van der Waals surface area (Å²) in [5.74, 6) is 0. The number of rotatable bonds is 7. The minimum Gasteiger partial charge on any atom is -0.456 e. The highest BCUT2D eigenvalue weighted by Gasteiger charge is 2.35. The van der Waals surface area contributed by atoms with Gasteiger partial charge in [-0.25, -0.2) is 0 Å². The monoisotopic (exact) mass is 506 g/mol. The zero-order chi connectivity index (χ0) is 27.1. The van der Waals surface area contributed by atoms with Gasteiger partial charge >= 0.3 is 7.48 Å². The van der Waals surface area contributed by atoms with Gasteiger partial charge in [0.05, 0.1) is 39.3 Å². The van der Waals surface area contributed by atoms with Gasteiger partial charge in [-0.1, -0.05) is 42.4 Å². The van der Waals surface area contributed by atoms with E-state index in [0.29, 0.717) is 0 Å². The maximum absolute atomic E-state index is 10.4. The van der Waals surface area contributed by atoms with E-state index in [-0.39, 0.29) is 0 Å². The molecule has 193 valence electrons. The molecular formula is C31H33BN3O3. The van der Waals surface area contributed by atoms with Crippen molar-refractivity contribution in [3.63, 3.8) is 0 Å². The third kappa shape index (κ3) is 4.71. The summed E-state index contributed by atoms with van der Waals surface area (Å²) in [5.41, 5.74) is 5.43. The summed E-state index contributed by atoms with van der Waals surface area (Å²) in [4.78, 5) is 3.53. The van der Waals surface area contributed by atoms with Crippen LogP contribution in [0.15, 0.2) is 77.7 Å². The van der Waals surface area contributed by atoms with Gasteiger partial charge in [0.1, 0.15) is 11.2 Å². The van der Waals surface area contributed by atoms with Crippen LogP contribution in [0.25, 0.3) is 50.8 Å². The fraction of sp³-hybridized carbons (Fsp3) is 0.226. The number of hydrogen-bond donors (Lipinski definition) is 3. The molecule has 0 saturated carbocycles. The number of aliphatic hydroxyl groups is 1. The summed E-state index contributed by atoms with van der Waals surface area (Å²) in [6.45, 7) is 13.2. The van der Waals surface area contributed by atoms with Gasteiger partial charge in [-0.05, 0) is 83.2 Å². The first-order chi connectivity index (χ1) is 18.1. The predicted octanol–water partition coefficient (Wildman–Crippen LogP) is 6.80. The van der Waals surface area contributed by atoms with Crippen LogP contribution in [0.4, 0.5) is 0 Å². The molecule has 0 fully saturated rings. The van der Waals surface area contributed by atoms with Crippen molar-refractivity contribution < 1.29 is 14.2 Å². The van der Waals surface area contributed by atoms with E-state index in [4.69, 9.17) is 9.07 Å². The summed E-state index contributed by atoms with van der Waals surface area (Å²) < 4.78 is 14.2. The van der Waals surface area contributed by atoms with E-state index < -0.39 is 11.2 Å². The van der Waals surface area contributed by atoms with E-state index in [1.54, 1.807) is 21.3 Å². The molecule has 0 aliphatic rings. The molecule has 0 amide bonds. The molecule has 38 heavy (non-hydrogen) atoms. The van der Waals surface area contributed by atoms with Gasteiger partial charge in [-0.15, -0.1) is 0 Å². The Morgan fingerprint density at radius 1 is 0.974 bits per heavy atom. The summed E-state index contributed by atoms with van der Waals surface area (Å²) >= 11 is 0. The molecule has 0 aliphatic carbocycles. The SMILES string of the molecule is C=Cc1[nH]n(-c2ccc3oc4ccc([B]OC(C)(C)C(C)(C)O)cc4c3c2)c2ccccc2[nH]c1/C=C\C. The number of allylic oxidation sites excluding steroid dienone is 1. The maximum Gasteiger partial charge on any atom is 0.330 e. The molecule has 2 aromatic heterocycles. The number of furan rings is 1. The van der Waals surface area contributed by atoms with Crippen molar-refractivity contribution in [3.8, 4) is 5.69 Å². The zero-order valence-electron chi connectivity index (χ0n) is 22.5. The molecule has 3 N–H and O–H groups in total. The Morgan fingerprint density at radius 3 is 2.39 bits per heavy atom. The summed E-state index contributed by atoms with van der Waals surface area (Å²) in [6.07, 6.45) is 5.83. The van der Waals surface area contributed by atoms with Crippen molar-refractivity contribution in [3.05, 3.63) is 84.7 Å². The second-order valence-electron chi connectivity index (χ2n) is 10.5. The van der Waals surface area contributed by atoms with Gasteiger partial charge < -0.3 is 19.2 Å². The summed E-state index contributed by atoms with van der Waals surface area (Å²) in [7, 11) is 1.70. The molecule has 7 heteroatoms. The first-order valence-electron chi connectivity index (χ1n) is 12.7. The van der Waals surface area contributed by atoms with Crippen LogP contribution in [0.2, 0.25) is 0 Å². The molecule has 5 rings (SSSR count). The topological polar surface area (TPSA) is 79.1 Å². The van der Waals surface area contributed by atoms with Gasteiger partial charge in [0, 0.05) is 10.8 Å².